The zero-order chi connectivity index (χ0) is 27.2. The van der Waals surface area contributed by atoms with Crippen molar-refractivity contribution in [3.63, 3.8) is 0 Å². The van der Waals surface area contributed by atoms with E-state index in [1.54, 1.807) is 12.7 Å². The summed E-state index contributed by atoms with van der Waals surface area (Å²) in [5.41, 5.74) is 3.09. The van der Waals surface area contributed by atoms with Crippen LogP contribution in [-0.2, 0) is 14.3 Å². The molecule has 0 amide bonds. The van der Waals surface area contributed by atoms with Crippen molar-refractivity contribution in [2.75, 3.05) is 7.11 Å². The van der Waals surface area contributed by atoms with Crippen LogP contribution in [0.15, 0.2) is 23.3 Å². The number of carbonyl (C=O) groups excluding carboxylic acids is 2. The SMILES string of the molecule is C/C=C/C1=C2[C@@H]3CC(C)(C)CC[C@]3(C(=O)OC)CC[C@@]2(C)[C@]2(C)CC[C@H]3C(C)(C)C(=O)CC[C@]3(C)C2C1. The van der Waals surface area contributed by atoms with Crippen LogP contribution in [0, 0.1) is 50.2 Å². The maximum Gasteiger partial charge on any atom is 0.312 e. The number of rotatable bonds is 2. The van der Waals surface area contributed by atoms with E-state index in [2.05, 4.69) is 67.5 Å². The molecular weight excluding hydrogens is 456 g/mol. The number of Topliss-reactive ketones (excluding diaryl/α,β-unsaturated/α-hetero) is 1. The number of hydrogen-bond donors (Lipinski definition) is 0. The van der Waals surface area contributed by atoms with Crippen LogP contribution in [0.3, 0.4) is 0 Å². The average Bonchev–Trinajstić information content (AvgIpc) is 2.82. The molecule has 4 fully saturated rings. The molecule has 0 bridgehead atoms. The molecule has 0 spiro atoms. The van der Waals surface area contributed by atoms with E-state index in [1.165, 1.54) is 12.0 Å². The molecule has 5 aliphatic rings. The average molecular weight is 509 g/mol. The first-order valence-corrected chi connectivity index (χ1v) is 15.1. The van der Waals surface area contributed by atoms with Gasteiger partial charge in [0.25, 0.3) is 0 Å². The zero-order valence-corrected chi connectivity index (χ0v) is 25.2. The molecule has 0 saturated heterocycles. The van der Waals surface area contributed by atoms with Gasteiger partial charge < -0.3 is 4.74 Å². The zero-order valence-electron chi connectivity index (χ0n) is 25.2. The molecule has 0 aliphatic heterocycles. The van der Waals surface area contributed by atoms with Crippen LogP contribution in [0.4, 0.5) is 0 Å². The van der Waals surface area contributed by atoms with E-state index in [1.807, 2.05) is 0 Å². The Morgan fingerprint density at radius 2 is 1.59 bits per heavy atom. The quantitative estimate of drug-likeness (QED) is 0.351. The molecule has 0 aromatic carbocycles. The Kier molecular flexibility index (Phi) is 6.11. The Labute approximate surface area is 226 Å². The van der Waals surface area contributed by atoms with Gasteiger partial charge in [0.15, 0.2) is 0 Å². The number of allylic oxidation sites excluding steroid dienone is 4. The third-order valence-electron chi connectivity index (χ3n) is 13.5. The molecule has 1 unspecified atom stereocenters. The number of ketones is 1. The Morgan fingerprint density at radius 1 is 0.919 bits per heavy atom. The van der Waals surface area contributed by atoms with Gasteiger partial charge in [0.05, 0.1) is 12.5 Å². The van der Waals surface area contributed by atoms with Crippen LogP contribution >= 0.6 is 0 Å². The largest absolute Gasteiger partial charge is 0.469 e. The second-order valence-electron chi connectivity index (χ2n) is 15.8. The van der Waals surface area contributed by atoms with Crippen LogP contribution in [0.1, 0.15) is 120 Å². The van der Waals surface area contributed by atoms with Crippen molar-refractivity contribution < 1.29 is 14.3 Å². The summed E-state index contributed by atoms with van der Waals surface area (Å²) in [5, 5.41) is 0. The van der Waals surface area contributed by atoms with Gasteiger partial charge in [-0.25, -0.2) is 0 Å². The molecule has 0 heterocycles. The standard InChI is InChI=1S/C34H52O3/c1-10-11-22-20-25-31(6)14-13-26(35)30(4,5)24(31)12-15-32(25,7)33(8)17-19-34(28(36)37-9)18-16-29(2,3)21-23(34)27(22)33/h10-11,23-25H,12-21H2,1-9H3/b11-10+/t23-,24-,25?,31-,32+,33+,34-/m0/s1. The highest BCUT2D eigenvalue weighted by Crippen LogP contribution is 2.76. The van der Waals surface area contributed by atoms with Crippen molar-refractivity contribution in [2.45, 2.75) is 120 Å². The molecule has 206 valence electrons. The van der Waals surface area contributed by atoms with Gasteiger partial charge in [-0.05, 0) is 110 Å². The topological polar surface area (TPSA) is 43.4 Å². The van der Waals surface area contributed by atoms with E-state index < -0.39 is 0 Å². The normalized spacial score (nSPS) is 46.5. The first-order valence-electron chi connectivity index (χ1n) is 15.1. The highest BCUT2D eigenvalue weighted by atomic mass is 16.5. The lowest BCUT2D eigenvalue weighted by molar-refractivity contribution is -0.191. The fourth-order valence-electron chi connectivity index (χ4n) is 11.1. The van der Waals surface area contributed by atoms with E-state index >= 15 is 0 Å². The smallest absolute Gasteiger partial charge is 0.312 e. The van der Waals surface area contributed by atoms with E-state index in [9.17, 15) is 9.59 Å². The van der Waals surface area contributed by atoms with Crippen molar-refractivity contribution >= 4 is 11.8 Å². The maximum atomic E-state index is 13.6. The van der Waals surface area contributed by atoms with Crippen molar-refractivity contribution in [3.8, 4) is 0 Å². The second-order valence-corrected chi connectivity index (χ2v) is 15.8. The minimum absolute atomic E-state index is 0.0258. The molecule has 7 atom stereocenters. The van der Waals surface area contributed by atoms with Crippen molar-refractivity contribution in [2.24, 2.45) is 50.2 Å². The number of esters is 1. The summed E-state index contributed by atoms with van der Waals surface area (Å²) in [7, 11) is 1.59. The number of methoxy groups -OCH3 is 1. The third-order valence-corrected chi connectivity index (χ3v) is 13.5. The van der Waals surface area contributed by atoms with Gasteiger partial charge in [-0.15, -0.1) is 0 Å². The highest BCUT2D eigenvalue weighted by Gasteiger charge is 2.70. The van der Waals surface area contributed by atoms with E-state index in [-0.39, 0.29) is 44.4 Å². The van der Waals surface area contributed by atoms with Gasteiger partial charge in [0.1, 0.15) is 5.78 Å². The summed E-state index contributed by atoms with van der Waals surface area (Å²) < 4.78 is 5.57. The lowest BCUT2D eigenvalue weighted by Crippen LogP contribution is -2.65. The summed E-state index contributed by atoms with van der Waals surface area (Å²) >= 11 is 0. The monoisotopic (exact) mass is 508 g/mol. The Hall–Kier alpha value is -1.38. The lowest BCUT2D eigenvalue weighted by Gasteiger charge is -2.71. The molecular formula is C34H52O3. The number of ether oxygens (including phenoxy) is 1. The molecule has 0 radical (unpaired) electrons. The van der Waals surface area contributed by atoms with E-state index in [4.69, 9.17) is 4.74 Å². The lowest BCUT2D eigenvalue weighted by atomic mass is 9.33. The molecule has 3 nitrogen and oxygen atoms in total. The van der Waals surface area contributed by atoms with Crippen LogP contribution < -0.4 is 0 Å². The number of fused-ring (bicyclic) bond motifs is 7. The number of hydrogen-bond acceptors (Lipinski definition) is 3. The predicted octanol–water partition coefficient (Wildman–Crippen LogP) is 8.48. The summed E-state index contributed by atoms with van der Waals surface area (Å²) in [6.07, 6.45) is 14.9. The van der Waals surface area contributed by atoms with E-state index in [0.717, 1.165) is 57.8 Å². The molecule has 37 heavy (non-hydrogen) atoms. The van der Waals surface area contributed by atoms with Gasteiger partial charge in [-0.1, -0.05) is 66.2 Å². The van der Waals surface area contributed by atoms with Crippen molar-refractivity contribution in [3.05, 3.63) is 23.3 Å². The predicted molar refractivity (Wildman–Crippen MR) is 150 cm³/mol. The van der Waals surface area contributed by atoms with Gasteiger partial charge in [0, 0.05) is 11.8 Å². The molecule has 3 heteroatoms. The summed E-state index contributed by atoms with van der Waals surface area (Å²) in [4.78, 5) is 26.7. The van der Waals surface area contributed by atoms with Crippen LogP contribution in [-0.4, -0.2) is 18.9 Å². The minimum Gasteiger partial charge on any atom is -0.469 e. The first kappa shape index (κ1) is 27.2. The molecule has 0 N–H and O–H groups in total. The van der Waals surface area contributed by atoms with Gasteiger partial charge in [-0.3, -0.25) is 9.59 Å². The summed E-state index contributed by atoms with van der Waals surface area (Å²) in [5.74, 6) is 1.74. The Balaban J connectivity index is 1.71. The fourth-order valence-corrected chi connectivity index (χ4v) is 11.1. The fraction of sp³-hybridized carbons (Fsp3) is 0.824. The second kappa shape index (κ2) is 8.31. The van der Waals surface area contributed by atoms with Crippen molar-refractivity contribution in [1.82, 2.24) is 0 Å². The van der Waals surface area contributed by atoms with Crippen LogP contribution in [0.25, 0.3) is 0 Å². The third kappa shape index (κ3) is 3.43. The molecule has 5 rings (SSSR count). The highest BCUT2D eigenvalue weighted by molar-refractivity contribution is 5.85. The number of carbonyl (C=O) groups is 2. The van der Waals surface area contributed by atoms with Crippen molar-refractivity contribution in [1.29, 1.82) is 0 Å². The summed E-state index contributed by atoms with van der Waals surface area (Å²) in [6.45, 7) is 19.1. The van der Waals surface area contributed by atoms with Gasteiger partial charge >= 0.3 is 5.97 Å². The molecule has 0 aromatic rings. The van der Waals surface area contributed by atoms with Gasteiger partial charge in [-0.2, -0.15) is 0 Å². The van der Waals surface area contributed by atoms with Crippen LogP contribution in [0.5, 0.6) is 0 Å². The maximum absolute atomic E-state index is 13.6. The molecule has 0 aromatic heterocycles. The first-order chi connectivity index (χ1) is 17.1. The van der Waals surface area contributed by atoms with Crippen LogP contribution in [0.2, 0.25) is 0 Å². The van der Waals surface area contributed by atoms with Gasteiger partial charge in [0.2, 0.25) is 0 Å². The Bertz CT molecular complexity index is 1060. The molecule has 5 aliphatic carbocycles. The van der Waals surface area contributed by atoms with E-state index in [0.29, 0.717) is 17.6 Å². The Morgan fingerprint density at radius 3 is 2.24 bits per heavy atom. The minimum atomic E-state index is -0.379. The molecule has 4 saturated carbocycles. The summed E-state index contributed by atoms with van der Waals surface area (Å²) in [6, 6.07) is 0.